The van der Waals surface area contributed by atoms with E-state index in [1.807, 2.05) is 6.07 Å². The van der Waals surface area contributed by atoms with Gasteiger partial charge in [-0.25, -0.2) is 9.78 Å². The number of nitrogens with zero attached hydrogens (tertiary/aromatic N) is 1. The predicted octanol–water partition coefficient (Wildman–Crippen LogP) is 2.15. The average Bonchev–Trinajstić information content (AvgIpc) is 2.81. The van der Waals surface area contributed by atoms with E-state index in [4.69, 9.17) is 10.5 Å². The van der Waals surface area contributed by atoms with E-state index >= 15 is 0 Å². The van der Waals surface area contributed by atoms with Gasteiger partial charge >= 0.3 is 5.97 Å². The molecule has 20 heavy (non-hydrogen) atoms. The summed E-state index contributed by atoms with van der Waals surface area (Å²) in [7, 11) is 0. The third-order valence-corrected chi connectivity index (χ3v) is 3.18. The number of amides is 1. The van der Waals surface area contributed by atoms with E-state index in [-0.39, 0.29) is 28.3 Å². The molecule has 0 bridgehead atoms. The number of nitrogen functional groups attached to an aromatic ring is 1. The number of hydrogen-bond donors (Lipinski definition) is 2. The quantitative estimate of drug-likeness (QED) is 0.842. The lowest BCUT2D eigenvalue weighted by Gasteiger charge is -2.00. The van der Waals surface area contributed by atoms with Crippen molar-refractivity contribution in [3.63, 3.8) is 0 Å². The van der Waals surface area contributed by atoms with E-state index in [1.54, 1.807) is 31.2 Å². The van der Waals surface area contributed by atoms with Crippen LogP contribution in [-0.2, 0) is 4.74 Å². The Kier molecular flexibility index (Phi) is 4.31. The fraction of sp³-hybridized carbons (Fsp3) is 0.154. The number of rotatable bonds is 4. The van der Waals surface area contributed by atoms with Gasteiger partial charge in [-0.3, -0.25) is 10.1 Å². The summed E-state index contributed by atoms with van der Waals surface area (Å²) >= 11 is 1.03. The molecule has 1 heterocycles. The summed E-state index contributed by atoms with van der Waals surface area (Å²) in [5.41, 5.74) is 6.22. The molecule has 0 radical (unpaired) electrons. The molecule has 0 atom stereocenters. The van der Waals surface area contributed by atoms with Crippen LogP contribution >= 0.6 is 11.3 Å². The second-order valence-electron chi connectivity index (χ2n) is 3.77. The lowest BCUT2D eigenvalue weighted by atomic mass is 10.2. The molecule has 1 aromatic heterocycles. The summed E-state index contributed by atoms with van der Waals surface area (Å²) in [6, 6.07) is 8.69. The highest BCUT2D eigenvalue weighted by atomic mass is 32.1. The van der Waals surface area contributed by atoms with Gasteiger partial charge in [0, 0.05) is 5.56 Å². The van der Waals surface area contributed by atoms with E-state index in [1.165, 1.54) is 0 Å². The smallest absolute Gasteiger partial charge is 0.360 e. The van der Waals surface area contributed by atoms with Crippen molar-refractivity contribution in [2.24, 2.45) is 0 Å². The molecule has 3 N–H and O–H groups in total. The number of nitrogens with two attached hydrogens (primary N) is 1. The Morgan fingerprint density at radius 3 is 2.70 bits per heavy atom. The molecular formula is C13H13N3O3S. The second-order valence-corrected chi connectivity index (χ2v) is 4.80. The lowest BCUT2D eigenvalue weighted by molar-refractivity contribution is 0.0521. The van der Waals surface area contributed by atoms with Crippen LogP contribution < -0.4 is 11.1 Å². The number of anilines is 2. The van der Waals surface area contributed by atoms with Crippen molar-refractivity contribution < 1.29 is 14.3 Å². The monoisotopic (exact) mass is 291 g/mol. The van der Waals surface area contributed by atoms with Crippen LogP contribution in [0.5, 0.6) is 0 Å². The largest absolute Gasteiger partial charge is 0.461 e. The second kappa shape index (κ2) is 6.16. The van der Waals surface area contributed by atoms with Crippen molar-refractivity contribution in [3.8, 4) is 0 Å². The molecule has 7 heteroatoms. The molecule has 0 aliphatic carbocycles. The normalized spacial score (nSPS) is 10.1. The van der Waals surface area contributed by atoms with Crippen molar-refractivity contribution in [2.75, 3.05) is 17.7 Å². The summed E-state index contributed by atoms with van der Waals surface area (Å²) in [4.78, 5) is 27.5. The van der Waals surface area contributed by atoms with Crippen LogP contribution in [0.15, 0.2) is 30.3 Å². The average molecular weight is 291 g/mol. The highest BCUT2D eigenvalue weighted by Gasteiger charge is 2.18. The van der Waals surface area contributed by atoms with E-state index < -0.39 is 5.97 Å². The maximum Gasteiger partial charge on any atom is 0.360 e. The Hall–Kier alpha value is -2.41. The first-order chi connectivity index (χ1) is 9.61. The first-order valence-corrected chi connectivity index (χ1v) is 6.73. The molecule has 0 saturated heterocycles. The molecule has 2 aromatic rings. The molecule has 0 spiro atoms. The van der Waals surface area contributed by atoms with Gasteiger partial charge in [-0.05, 0) is 19.1 Å². The van der Waals surface area contributed by atoms with E-state index in [9.17, 15) is 9.59 Å². The molecule has 0 unspecified atom stereocenters. The predicted molar refractivity (Wildman–Crippen MR) is 76.9 cm³/mol. The van der Waals surface area contributed by atoms with Crippen LogP contribution in [0, 0.1) is 0 Å². The molecule has 0 saturated carbocycles. The zero-order valence-corrected chi connectivity index (χ0v) is 11.6. The zero-order chi connectivity index (χ0) is 14.5. The lowest BCUT2D eigenvalue weighted by Crippen LogP contribution is -2.12. The van der Waals surface area contributed by atoms with Gasteiger partial charge in [0.05, 0.1) is 6.61 Å². The fourth-order valence-electron chi connectivity index (χ4n) is 1.49. The summed E-state index contributed by atoms with van der Waals surface area (Å²) in [5.74, 6) is -0.906. The minimum absolute atomic E-state index is 0.0280. The van der Waals surface area contributed by atoms with E-state index in [0.29, 0.717) is 5.56 Å². The highest BCUT2D eigenvalue weighted by Crippen LogP contribution is 2.26. The first-order valence-electron chi connectivity index (χ1n) is 5.91. The molecule has 2 rings (SSSR count). The number of benzene rings is 1. The standard InChI is InChI=1S/C13H13N3O3S/c1-2-19-12(18)9-10(14)20-13(15-9)16-11(17)8-6-4-3-5-7-8/h3-7H,2,14H2,1H3,(H,15,16,17). The molecule has 0 aliphatic heterocycles. The Bertz CT molecular complexity index is 625. The molecule has 0 aliphatic rings. The Balaban J connectivity index is 2.13. The van der Waals surface area contributed by atoms with Crippen molar-refractivity contribution in [1.29, 1.82) is 0 Å². The van der Waals surface area contributed by atoms with E-state index in [2.05, 4.69) is 10.3 Å². The number of ether oxygens (including phenoxy) is 1. The first kappa shape index (κ1) is 14.0. The number of carbonyl (C=O) groups is 2. The minimum Gasteiger partial charge on any atom is -0.461 e. The number of esters is 1. The molecule has 1 aromatic carbocycles. The molecule has 1 amide bonds. The van der Waals surface area contributed by atoms with Gasteiger partial charge in [-0.15, -0.1) is 0 Å². The van der Waals surface area contributed by atoms with Crippen molar-refractivity contribution in [3.05, 3.63) is 41.6 Å². The third-order valence-electron chi connectivity index (χ3n) is 2.38. The van der Waals surface area contributed by atoms with Gasteiger partial charge in [-0.1, -0.05) is 29.5 Å². The molecule has 0 fully saturated rings. The van der Waals surface area contributed by atoms with Crippen molar-refractivity contribution in [2.45, 2.75) is 6.92 Å². The molecular weight excluding hydrogens is 278 g/mol. The number of aromatic nitrogens is 1. The maximum atomic E-state index is 11.9. The Morgan fingerprint density at radius 1 is 1.35 bits per heavy atom. The van der Waals surface area contributed by atoms with Gasteiger partial charge in [-0.2, -0.15) is 0 Å². The van der Waals surface area contributed by atoms with Gasteiger partial charge in [0.2, 0.25) is 0 Å². The summed E-state index contributed by atoms with van der Waals surface area (Å²) in [6.45, 7) is 1.93. The zero-order valence-electron chi connectivity index (χ0n) is 10.8. The summed E-state index contributed by atoms with van der Waals surface area (Å²) < 4.78 is 4.82. The van der Waals surface area contributed by atoms with Gasteiger partial charge < -0.3 is 10.5 Å². The SMILES string of the molecule is CCOC(=O)c1nc(NC(=O)c2ccccc2)sc1N. The number of nitrogens with one attached hydrogen (secondary N) is 1. The highest BCUT2D eigenvalue weighted by molar-refractivity contribution is 7.19. The van der Waals surface area contributed by atoms with Crippen molar-refractivity contribution >= 4 is 33.3 Å². The minimum atomic E-state index is -0.596. The fourth-order valence-corrected chi connectivity index (χ4v) is 2.20. The summed E-state index contributed by atoms with van der Waals surface area (Å²) in [5, 5.41) is 3.08. The number of carbonyl (C=O) groups excluding carboxylic acids is 2. The van der Waals surface area contributed by atoms with Crippen LogP contribution in [0.1, 0.15) is 27.8 Å². The van der Waals surface area contributed by atoms with Crippen LogP contribution in [0.3, 0.4) is 0 Å². The van der Waals surface area contributed by atoms with Gasteiger partial charge in [0.25, 0.3) is 5.91 Å². The van der Waals surface area contributed by atoms with Crippen molar-refractivity contribution in [1.82, 2.24) is 4.98 Å². The molecule has 6 nitrogen and oxygen atoms in total. The maximum absolute atomic E-state index is 11.9. The number of thiazole rings is 1. The van der Waals surface area contributed by atoms with Crippen LogP contribution in [0.25, 0.3) is 0 Å². The van der Waals surface area contributed by atoms with Crippen LogP contribution in [0.2, 0.25) is 0 Å². The van der Waals surface area contributed by atoms with Crippen LogP contribution in [0.4, 0.5) is 10.1 Å². The molecule has 104 valence electrons. The summed E-state index contributed by atoms with van der Waals surface area (Å²) in [6.07, 6.45) is 0. The Morgan fingerprint density at radius 2 is 2.05 bits per heavy atom. The van der Waals surface area contributed by atoms with Gasteiger partial charge in [0.15, 0.2) is 10.8 Å². The van der Waals surface area contributed by atoms with E-state index in [0.717, 1.165) is 11.3 Å². The van der Waals surface area contributed by atoms with Crippen LogP contribution in [-0.4, -0.2) is 23.5 Å². The Labute approximate surface area is 119 Å². The third kappa shape index (κ3) is 3.12. The van der Waals surface area contributed by atoms with Gasteiger partial charge in [0.1, 0.15) is 5.00 Å². The topological polar surface area (TPSA) is 94.3 Å². The number of hydrogen-bond acceptors (Lipinski definition) is 6.